The number of aryl methyl sites for hydroxylation is 2. The van der Waals surface area contributed by atoms with Crippen molar-refractivity contribution in [2.45, 2.75) is 33.7 Å². The molecule has 0 bridgehead atoms. The third-order valence-electron chi connectivity index (χ3n) is 2.45. The Morgan fingerprint density at radius 3 is 2.50 bits per heavy atom. The maximum atomic E-state index is 5.19. The molecule has 0 saturated carbocycles. The highest BCUT2D eigenvalue weighted by Gasteiger charge is 2.13. The van der Waals surface area contributed by atoms with Crippen molar-refractivity contribution >= 4 is 5.82 Å². The van der Waals surface area contributed by atoms with E-state index in [1.807, 2.05) is 19.9 Å². The molecule has 1 rings (SSSR count). The zero-order valence-corrected chi connectivity index (χ0v) is 10.7. The molecule has 0 aliphatic heterocycles. The lowest BCUT2D eigenvalue weighted by molar-refractivity contribution is 0.171. The number of rotatable bonds is 5. The predicted octanol–water partition coefficient (Wildman–Crippen LogP) is 2.18. The van der Waals surface area contributed by atoms with Crippen molar-refractivity contribution < 1.29 is 4.74 Å². The fourth-order valence-electron chi connectivity index (χ4n) is 1.56. The molecule has 0 aromatic carbocycles. The van der Waals surface area contributed by atoms with Gasteiger partial charge in [-0.1, -0.05) is 13.8 Å². The first-order chi connectivity index (χ1) is 7.52. The van der Waals surface area contributed by atoms with E-state index < -0.39 is 0 Å². The minimum Gasteiger partial charge on any atom is -0.383 e. The molecule has 1 aromatic heterocycles. The highest BCUT2D eigenvalue weighted by atomic mass is 16.5. The van der Waals surface area contributed by atoms with E-state index in [-0.39, 0.29) is 6.04 Å². The van der Waals surface area contributed by atoms with Gasteiger partial charge in [-0.15, -0.1) is 0 Å². The van der Waals surface area contributed by atoms with Crippen molar-refractivity contribution in [3.05, 3.63) is 17.6 Å². The molecule has 1 heterocycles. The Kier molecular flexibility index (Phi) is 4.68. The average Bonchev–Trinajstić information content (AvgIpc) is 2.15. The summed E-state index contributed by atoms with van der Waals surface area (Å²) in [6.45, 7) is 8.88. The second-order valence-electron chi connectivity index (χ2n) is 4.39. The molecule has 1 atom stereocenters. The molecular weight excluding hydrogens is 202 g/mol. The van der Waals surface area contributed by atoms with Crippen molar-refractivity contribution in [2.24, 2.45) is 5.92 Å². The van der Waals surface area contributed by atoms with Gasteiger partial charge in [0.1, 0.15) is 11.6 Å². The average molecular weight is 223 g/mol. The van der Waals surface area contributed by atoms with Crippen molar-refractivity contribution in [2.75, 3.05) is 19.0 Å². The number of anilines is 1. The van der Waals surface area contributed by atoms with E-state index >= 15 is 0 Å². The van der Waals surface area contributed by atoms with Crippen molar-refractivity contribution in [1.82, 2.24) is 9.97 Å². The van der Waals surface area contributed by atoms with Crippen LogP contribution in [0.3, 0.4) is 0 Å². The Bertz CT molecular complexity index is 319. The van der Waals surface area contributed by atoms with Gasteiger partial charge in [-0.05, 0) is 19.8 Å². The molecule has 1 unspecified atom stereocenters. The van der Waals surface area contributed by atoms with E-state index in [1.54, 1.807) is 7.11 Å². The molecule has 0 aliphatic carbocycles. The minimum atomic E-state index is 0.277. The lowest BCUT2D eigenvalue weighted by Crippen LogP contribution is -2.31. The molecule has 0 saturated heterocycles. The van der Waals surface area contributed by atoms with Gasteiger partial charge in [0, 0.05) is 18.9 Å². The van der Waals surface area contributed by atoms with Gasteiger partial charge in [-0.2, -0.15) is 0 Å². The summed E-state index contributed by atoms with van der Waals surface area (Å²) < 4.78 is 5.19. The first-order valence-electron chi connectivity index (χ1n) is 5.60. The van der Waals surface area contributed by atoms with Gasteiger partial charge in [0.2, 0.25) is 0 Å². The SMILES string of the molecule is COCC(Nc1cc(C)nc(C)n1)C(C)C. The zero-order valence-electron chi connectivity index (χ0n) is 10.7. The monoisotopic (exact) mass is 223 g/mol. The largest absolute Gasteiger partial charge is 0.383 e. The van der Waals surface area contributed by atoms with Crippen molar-refractivity contribution in [3.63, 3.8) is 0 Å². The summed E-state index contributed by atoms with van der Waals surface area (Å²) in [5.74, 6) is 2.17. The quantitative estimate of drug-likeness (QED) is 0.831. The smallest absolute Gasteiger partial charge is 0.130 e. The van der Waals surface area contributed by atoms with Gasteiger partial charge in [-0.3, -0.25) is 0 Å². The number of nitrogens with one attached hydrogen (secondary N) is 1. The Labute approximate surface area is 97.5 Å². The molecule has 0 spiro atoms. The maximum absolute atomic E-state index is 5.19. The van der Waals surface area contributed by atoms with Gasteiger partial charge in [0.05, 0.1) is 12.6 Å². The summed E-state index contributed by atoms with van der Waals surface area (Å²) in [7, 11) is 1.72. The van der Waals surface area contributed by atoms with Gasteiger partial charge in [-0.25, -0.2) is 9.97 Å². The lowest BCUT2D eigenvalue weighted by Gasteiger charge is -2.22. The van der Waals surface area contributed by atoms with Crippen LogP contribution in [0.4, 0.5) is 5.82 Å². The van der Waals surface area contributed by atoms with Crippen LogP contribution < -0.4 is 5.32 Å². The molecule has 1 aromatic rings. The summed E-state index contributed by atoms with van der Waals surface area (Å²) in [5, 5.41) is 3.38. The van der Waals surface area contributed by atoms with E-state index in [9.17, 15) is 0 Å². The van der Waals surface area contributed by atoms with E-state index in [4.69, 9.17) is 4.74 Å². The minimum absolute atomic E-state index is 0.277. The van der Waals surface area contributed by atoms with Crippen LogP contribution in [0.15, 0.2) is 6.07 Å². The van der Waals surface area contributed by atoms with E-state index in [1.165, 1.54) is 0 Å². The second-order valence-corrected chi connectivity index (χ2v) is 4.39. The Hall–Kier alpha value is -1.16. The van der Waals surface area contributed by atoms with Gasteiger partial charge < -0.3 is 10.1 Å². The summed E-state index contributed by atoms with van der Waals surface area (Å²) in [4.78, 5) is 8.61. The van der Waals surface area contributed by atoms with Gasteiger partial charge >= 0.3 is 0 Å². The predicted molar refractivity (Wildman–Crippen MR) is 65.6 cm³/mol. The maximum Gasteiger partial charge on any atom is 0.130 e. The third kappa shape index (κ3) is 3.77. The first kappa shape index (κ1) is 12.9. The Balaban J connectivity index is 2.76. The van der Waals surface area contributed by atoms with E-state index in [0.717, 1.165) is 17.3 Å². The molecule has 90 valence electrons. The highest BCUT2D eigenvalue weighted by Crippen LogP contribution is 2.12. The zero-order chi connectivity index (χ0) is 12.1. The molecule has 16 heavy (non-hydrogen) atoms. The van der Waals surface area contributed by atoms with Crippen LogP contribution in [0, 0.1) is 19.8 Å². The summed E-state index contributed by atoms with van der Waals surface area (Å²) in [6, 6.07) is 2.23. The van der Waals surface area contributed by atoms with Crippen molar-refractivity contribution in [1.29, 1.82) is 0 Å². The fourth-order valence-corrected chi connectivity index (χ4v) is 1.56. The number of methoxy groups -OCH3 is 1. The van der Waals surface area contributed by atoms with Crippen LogP contribution in [0.2, 0.25) is 0 Å². The number of nitrogens with zero attached hydrogens (tertiary/aromatic N) is 2. The first-order valence-corrected chi connectivity index (χ1v) is 5.60. The molecule has 0 amide bonds. The fraction of sp³-hybridized carbons (Fsp3) is 0.667. The molecule has 0 aliphatic rings. The number of aromatic nitrogens is 2. The molecular formula is C12H21N3O. The van der Waals surface area contributed by atoms with E-state index in [0.29, 0.717) is 12.5 Å². The summed E-state index contributed by atoms with van der Waals surface area (Å²) in [5.41, 5.74) is 0.981. The molecule has 1 N–H and O–H groups in total. The standard InChI is InChI=1S/C12H21N3O/c1-8(2)11(7-16-5)15-12-6-9(3)13-10(4)14-12/h6,8,11H,7H2,1-5H3,(H,13,14,15). The third-order valence-corrected chi connectivity index (χ3v) is 2.45. The van der Waals surface area contributed by atoms with E-state index in [2.05, 4.69) is 29.1 Å². The van der Waals surface area contributed by atoms with Gasteiger partial charge in [0.15, 0.2) is 0 Å². The normalized spacial score (nSPS) is 12.9. The van der Waals surface area contributed by atoms with Crippen LogP contribution in [0.5, 0.6) is 0 Å². The Morgan fingerprint density at radius 2 is 2.00 bits per heavy atom. The number of hydrogen-bond acceptors (Lipinski definition) is 4. The molecule has 4 nitrogen and oxygen atoms in total. The van der Waals surface area contributed by atoms with Crippen LogP contribution >= 0.6 is 0 Å². The molecule has 0 fully saturated rings. The lowest BCUT2D eigenvalue weighted by atomic mass is 10.1. The number of hydrogen-bond donors (Lipinski definition) is 1. The molecule has 4 heteroatoms. The summed E-state index contributed by atoms with van der Waals surface area (Å²) >= 11 is 0. The Morgan fingerprint density at radius 1 is 1.31 bits per heavy atom. The highest BCUT2D eigenvalue weighted by molar-refractivity contribution is 5.37. The van der Waals surface area contributed by atoms with Crippen LogP contribution in [-0.4, -0.2) is 29.7 Å². The second kappa shape index (κ2) is 5.80. The van der Waals surface area contributed by atoms with Crippen LogP contribution in [0.1, 0.15) is 25.4 Å². The number of ether oxygens (including phenoxy) is 1. The molecule has 0 radical (unpaired) electrons. The summed E-state index contributed by atoms with van der Waals surface area (Å²) in [6.07, 6.45) is 0. The van der Waals surface area contributed by atoms with Crippen LogP contribution in [0.25, 0.3) is 0 Å². The topological polar surface area (TPSA) is 47.0 Å². The van der Waals surface area contributed by atoms with Crippen molar-refractivity contribution in [3.8, 4) is 0 Å². The van der Waals surface area contributed by atoms with Crippen LogP contribution in [-0.2, 0) is 4.74 Å². The van der Waals surface area contributed by atoms with Gasteiger partial charge in [0.25, 0.3) is 0 Å².